The van der Waals surface area contributed by atoms with Crippen molar-refractivity contribution in [3.05, 3.63) is 71.5 Å². The van der Waals surface area contributed by atoms with Crippen molar-refractivity contribution in [2.45, 2.75) is 40.0 Å². The second kappa shape index (κ2) is 6.34. The van der Waals surface area contributed by atoms with Gasteiger partial charge in [0.1, 0.15) is 23.3 Å². The lowest BCUT2D eigenvalue weighted by molar-refractivity contribution is 0.590. The highest BCUT2D eigenvalue weighted by molar-refractivity contribution is 5.90. The highest BCUT2D eigenvalue weighted by Crippen LogP contribution is 2.33. The normalized spacial score (nSPS) is 11.9. The van der Waals surface area contributed by atoms with E-state index in [9.17, 15) is 0 Å². The first-order valence-electron chi connectivity index (χ1n) is 9.25. The number of nitrogens with zero attached hydrogens (tertiary/aromatic N) is 2. The molecule has 3 nitrogen and oxygen atoms in total. The van der Waals surface area contributed by atoms with Gasteiger partial charge in [0.25, 0.3) is 0 Å². The zero-order valence-electron chi connectivity index (χ0n) is 16.5. The Kier molecular flexibility index (Phi) is 4.11. The molecule has 0 N–H and O–H groups in total. The van der Waals surface area contributed by atoms with E-state index in [1.807, 2.05) is 6.07 Å². The highest BCUT2D eigenvalue weighted by Gasteiger charge is 2.16. The van der Waals surface area contributed by atoms with Crippen LogP contribution in [0.15, 0.2) is 59.3 Å². The van der Waals surface area contributed by atoms with Crippen LogP contribution in [0.5, 0.6) is 0 Å². The Morgan fingerprint density at radius 2 is 1.44 bits per heavy atom. The first-order chi connectivity index (χ1) is 12.8. The average molecular weight is 356 g/mol. The van der Waals surface area contributed by atoms with Crippen molar-refractivity contribution in [1.29, 1.82) is 0 Å². The fourth-order valence-electron chi connectivity index (χ4n) is 3.45. The Bertz CT molecular complexity index is 1100. The van der Waals surface area contributed by atoms with Crippen LogP contribution in [0, 0.1) is 13.8 Å². The lowest BCUT2D eigenvalue weighted by atomic mass is 9.86. The fourth-order valence-corrected chi connectivity index (χ4v) is 3.45. The van der Waals surface area contributed by atoms with Gasteiger partial charge in [-0.25, -0.2) is 9.97 Å². The maximum absolute atomic E-state index is 6.22. The van der Waals surface area contributed by atoms with E-state index in [2.05, 4.69) is 87.1 Å². The molecule has 0 aliphatic heterocycles. The Morgan fingerprint density at radius 1 is 0.778 bits per heavy atom. The zero-order chi connectivity index (χ0) is 19.2. The summed E-state index contributed by atoms with van der Waals surface area (Å²) in [7, 11) is 0. The monoisotopic (exact) mass is 356 g/mol. The van der Waals surface area contributed by atoms with E-state index in [0.29, 0.717) is 0 Å². The number of hydrogen-bond donors (Lipinski definition) is 0. The van der Waals surface area contributed by atoms with Gasteiger partial charge < -0.3 is 4.42 Å². The van der Waals surface area contributed by atoms with Crippen LogP contribution in [0.1, 0.15) is 37.5 Å². The van der Waals surface area contributed by atoms with E-state index in [4.69, 9.17) is 4.42 Å². The number of hydrogen-bond acceptors (Lipinski definition) is 3. The highest BCUT2D eigenvalue weighted by atomic mass is 16.3. The van der Waals surface area contributed by atoms with Crippen LogP contribution in [-0.4, -0.2) is 9.97 Å². The van der Waals surface area contributed by atoms with Crippen molar-refractivity contribution in [3.63, 3.8) is 0 Å². The molecule has 3 heteroatoms. The third-order valence-electron chi connectivity index (χ3n) is 4.84. The summed E-state index contributed by atoms with van der Waals surface area (Å²) in [4.78, 5) is 8.92. The average Bonchev–Trinajstić information content (AvgIpc) is 3.04. The van der Waals surface area contributed by atoms with E-state index >= 15 is 0 Å². The van der Waals surface area contributed by atoms with Crippen molar-refractivity contribution < 1.29 is 4.42 Å². The molecule has 0 aliphatic carbocycles. The summed E-state index contributed by atoms with van der Waals surface area (Å²) < 4.78 is 6.22. The molecule has 0 unspecified atom stereocenters. The smallest absolute Gasteiger partial charge is 0.179 e. The summed E-state index contributed by atoms with van der Waals surface area (Å²) in [6, 6.07) is 17.0. The molecular weight excluding hydrogens is 332 g/mol. The Balaban J connectivity index is 1.81. The minimum absolute atomic E-state index is 0.133. The molecule has 4 aromatic rings. The standard InChI is InChI=1S/C24H24N2O/c1-15-10-16(2)12-18(11-15)22-23-20(25-14-26-22)13-21(27-23)17-6-8-19(9-7-17)24(3,4)5/h6-14H,1-5H3. The third kappa shape index (κ3) is 3.37. The summed E-state index contributed by atoms with van der Waals surface area (Å²) >= 11 is 0. The summed E-state index contributed by atoms with van der Waals surface area (Å²) in [5.41, 5.74) is 8.36. The van der Waals surface area contributed by atoms with Crippen molar-refractivity contribution in [2.24, 2.45) is 0 Å². The number of fused-ring (bicyclic) bond motifs is 1. The quantitative estimate of drug-likeness (QED) is 0.413. The van der Waals surface area contributed by atoms with E-state index < -0.39 is 0 Å². The molecule has 0 atom stereocenters. The van der Waals surface area contributed by atoms with Crippen LogP contribution >= 0.6 is 0 Å². The molecule has 0 fully saturated rings. The number of aryl methyl sites for hydroxylation is 2. The van der Waals surface area contributed by atoms with Crippen molar-refractivity contribution in [3.8, 4) is 22.6 Å². The van der Waals surface area contributed by atoms with Crippen LogP contribution in [0.4, 0.5) is 0 Å². The van der Waals surface area contributed by atoms with Crippen LogP contribution in [-0.2, 0) is 5.41 Å². The predicted octanol–water partition coefficient (Wildman–Crippen LogP) is 6.47. The van der Waals surface area contributed by atoms with Gasteiger partial charge in [0, 0.05) is 17.2 Å². The van der Waals surface area contributed by atoms with Crippen molar-refractivity contribution >= 4 is 11.1 Å². The summed E-state index contributed by atoms with van der Waals surface area (Å²) in [6.45, 7) is 10.8. The Morgan fingerprint density at radius 3 is 2.07 bits per heavy atom. The van der Waals surface area contributed by atoms with E-state index in [1.54, 1.807) is 6.33 Å². The molecule has 0 saturated heterocycles. The lowest BCUT2D eigenvalue weighted by Crippen LogP contribution is -2.10. The van der Waals surface area contributed by atoms with Gasteiger partial charge in [-0.15, -0.1) is 0 Å². The van der Waals surface area contributed by atoms with Crippen LogP contribution in [0.25, 0.3) is 33.7 Å². The maximum Gasteiger partial charge on any atom is 0.179 e. The summed E-state index contributed by atoms with van der Waals surface area (Å²) in [5, 5.41) is 0. The number of furan rings is 1. The number of rotatable bonds is 2. The lowest BCUT2D eigenvalue weighted by Gasteiger charge is -2.18. The second-order valence-electron chi connectivity index (χ2n) is 8.25. The van der Waals surface area contributed by atoms with Crippen molar-refractivity contribution in [1.82, 2.24) is 9.97 Å². The molecule has 136 valence electrons. The minimum atomic E-state index is 0.133. The largest absolute Gasteiger partial charge is 0.452 e. The first-order valence-corrected chi connectivity index (χ1v) is 9.25. The number of benzene rings is 2. The third-order valence-corrected chi connectivity index (χ3v) is 4.84. The predicted molar refractivity (Wildman–Crippen MR) is 111 cm³/mol. The fraction of sp³-hybridized carbons (Fsp3) is 0.250. The second-order valence-corrected chi connectivity index (χ2v) is 8.25. The first kappa shape index (κ1) is 17.5. The maximum atomic E-state index is 6.22. The van der Waals surface area contributed by atoms with Gasteiger partial charge in [-0.2, -0.15) is 0 Å². The molecule has 0 spiro atoms. The van der Waals surface area contributed by atoms with Gasteiger partial charge >= 0.3 is 0 Å². The molecule has 2 aromatic heterocycles. The van der Waals surface area contributed by atoms with E-state index in [0.717, 1.165) is 33.7 Å². The molecule has 27 heavy (non-hydrogen) atoms. The van der Waals surface area contributed by atoms with Gasteiger partial charge in [0.05, 0.1) is 0 Å². The van der Waals surface area contributed by atoms with Crippen LogP contribution in [0.3, 0.4) is 0 Å². The van der Waals surface area contributed by atoms with Gasteiger partial charge in [0.15, 0.2) is 5.58 Å². The van der Waals surface area contributed by atoms with Crippen molar-refractivity contribution in [2.75, 3.05) is 0 Å². The SMILES string of the molecule is Cc1cc(C)cc(-c2ncnc3cc(-c4ccc(C(C)(C)C)cc4)oc23)c1. The molecule has 2 heterocycles. The molecule has 0 amide bonds. The Labute approximate surface area is 160 Å². The summed E-state index contributed by atoms with van der Waals surface area (Å²) in [5.74, 6) is 0.816. The topological polar surface area (TPSA) is 38.9 Å². The van der Waals surface area contributed by atoms with Gasteiger partial charge in [-0.1, -0.05) is 62.2 Å². The van der Waals surface area contributed by atoms with Crippen LogP contribution < -0.4 is 0 Å². The van der Waals surface area contributed by atoms with Gasteiger partial charge in [0.2, 0.25) is 0 Å². The molecule has 4 rings (SSSR count). The van der Waals surface area contributed by atoms with Gasteiger partial charge in [-0.05, 0) is 37.0 Å². The minimum Gasteiger partial charge on any atom is -0.452 e. The molecule has 2 aromatic carbocycles. The zero-order valence-corrected chi connectivity index (χ0v) is 16.5. The molecule has 0 aliphatic rings. The number of aromatic nitrogens is 2. The molecule has 0 radical (unpaired) electrons. The van der Waals surface area contributed by atoms with Crippen LogP contribution in [0.2, 0.25) is 0 Å². The Hall–Kier alpha value is -2.94. The van der Waals surface area contributed by atoms with E-state index in [-0.39, 0.29) is 5.41 Å². The summed E-state index contributed by atoms with van der Waals surface area (Å²) in [6.07, 6.45) is 1.61. The van der Waals surface area contributed by atoms with E-state index in [1.165, 1.54) is 16.7 Å². The molecule has 0 saturated carbocycles. The molecular formula is C24H24N2O. The molecule has 0 bridgehead atoms. The van der Waals surface area contributed by atoms with Gasteiger partial charge in [-0.3, -0.25) is 0 Å².